The Bertz CT molecular complexity index is 3840. The molecule has 0 unspecified atom stereocenters. The lowest BCUT2D eigenvalue weighted by atomic mass is 9.42. The molecule has 0 amide bonds. The number of rotatable bonds is 3. The van der Waals surface area contributed by atoms with Crippen molar-refractivity contribution in [2.45, 2.75) is 87.3 Å². The summed E-state index contributed by atoms with van der Waals surface area (Å²) in [5.41, 5.74) is 21.1. The van der Waals surface area contributed by atoms with E-state index < -0.39 is 0 Å². The van der Waals surface area contributed by atoms with Gasteiger partial charge in [0, 0.05) is 64.6 Å². The van der Waals surface area contributed by atoms with Gasteiger partial charge in [0.1, 0.15) is 0 Å². The fourth-order valence-corrected chi connectivity index (χ4v) is 15.6. The van der Waals surface area contributed by atoms with E-state index in [2.05, 4.69) is 228 Å². The minimum Gasteiger partial charge on any atom is -0.375 e. The van der Waals surface area contributed by atoms with Gasteiger partial charge < -0.3 is 9.71 Å². The molecule has 4 aliphatic rings. The Morgan fingerprint density at radius 3 is 2.03 bits per heavy atom. The van der Waals surface area contributed by atoms with Crippen LogP contribution in [0.4, 0.5) is 28.4 Å². The van der Waals surface area contributed by atoms with Crippen molar-refractivity contribution in [2.24, 2.45) is 0 Å². The average Bonchev–Trinajstić information content (AvgIpc) is 3.74. The van der Waals surface area contributed by atoms with Gasteiger partial charge in [0.15, 0.2) is 0 Å². The SMILES string of the molecule is Cc1cc2c(cc1N1c3cc4c(cc3B3c5c1cc1ccccc1c5-c1ccc5c(sc6ccccc65)c1N3c1ccccc1-c1ccccc1)C(C)(C)c1ccccc1S4)C(C)(C)CCC2(C)C. The van der Waals surface area contributed by atoms with Gasteiger partial charge in [0.2, 0.25) is 0 Å². The van der Waals surface area contributed by atoms with Gasteiger partial charge in [-0.3, -0.25) is 0 Å². The number of fused-ring (bicyclic) bond motifs is 13. The molecule has 334 valence electrons. The number of hydrogen-bond acceptors (Lipinski definition) is 4. The highest BCUT2D eigenvalue weighted by Crippen LogP contribution is 2.58. The molecule has 0 radical (unpaired) electrons. The Morgan fingerprint density at radius 1 is 0.507 bits per heavy atom. The Labute approximate surface area is 414 Å². The highest BCUT2D eigenvalue weighted by atomic mass is 32.2. The van der Waals surface area contributed by atoms with Crippen LogP contribution in [-0.4, -0.2) is 6.85 Å². The minimum absolute atomic E-state index is 0.0449. The topological polar surface area (TPSA) is 6.48 Å². The molecule has 4 heterocycles. The number of nitrogens with zero attached hydrogens (tertiary/aromatic N) is 2. The van der Waals surface area contributed by atoms with Crippen molar-refractivity contribution in [2.75, 3.05) is 9.71 Å². The molecule has 0 atom stereocenters. The van der Waals surface area contributed by atoms with Gasteiger partial charge >= 0.3 is 6.85 Å². The largest absolute Gasteiger partial charge is 0.375 e. The summed E-state index contributed by atoms with van der Waals surface area (Å²) in [5.74, 6) is 0. The van der Waals surface area contributed by atoms with Crippen molar-refractivity contribution in [3.63, 3.8) is 0 Å². The number of aryl methyl sites for hydroxylation is 1. The second kappa shape index (κ2) is 14.5. The van der Waals surface area contributed by atoms with Crippen molar-refractivity contribution in [3.8, 4) is 22.3 Å². The fraction of sp³-hybridized carbons (Fsp3) is 0.188. The van der Waals surface area contributed by atoms with Gasteiger partial charge in [0.25, 0.3) is 0 Å². The van der Waals surface area contributed by atoms with E-state index in [-0.39, 0.29) is 23.1 Å². The van der Waals surface area contributed by atoms with E-state index >= 15 is 0 Å². The summed E-state index contributed by atoms with van der Waals surface area (Å²) in [6.45, 7) is 17.0. The summed E-state index contributed by atoms with van der Waals surface area (Å²) in [5, 5.41) is 5.19. The van der Waals surface area contributed by atoms with E-state index in [1.165, 1.54) is 137 Å². The molecular weight excluding hydrogens is 872 g/mol. The number of anilines is 5. The van der Waals surface area contributed by atoms with Crippen LogP contribution in [0.3, 0.4) is 0 Å². The van der Waals surface area contributed by atoms with Gasteiger partial charge in [-0.15, -0.1) is 11.3 Å². The molecule has 9 aromatic carbocycles. The zero-order chi connectivity index (χ0) is 46.7. The molecule has 0 spiro atoms. The molecular formula is C64H53BN2S2. The first-order valence-electron chi connectivity index (χ1n) is 24.7. The maximum Gasteiger partial charge on any atom is 0.333 e. The van der Waals surface area contributed by atoms with Gasteiger partial charge in [0.05, 0.1) is 10.4 Å². The lowest BCUT2D eigenvalue weighted by Crippen LogP contribution is -2.62. The van der Waals surface area contributed by atoms with Crippen molar-refractivity contribution >= 4 is 100 Å². The number of hydrogen-bond donors (Lipinski definition) is 0. The molecule has 1 aliphatic carbocycles. The second-order valence-electron chi connectivity index (χ2n) is 21.9. The lowest BCUT2D eigenvalue weighted by molar-refractivity contribution is 0.332. The molecule has 0 bridgehead atoms. The Morgan fingerprint density at radius 2 is 1.20 bits per heavy atom. The van der Waals surface area contributed by atoms with Crippen LogP contribution in [0.5, 0.6) is 0 Å². The number of benzene rings is 9. The monoisotopic (exact) mass is 924 g/mol. The summed E-state index contributed by atoms with van der Waals surface area (Å²) < 4.78 is 2.65. The molecule has 14 rings (SSSR count). The quantitative estimate of drug-likeness (QED) is 0.163. The van der Waals surface area contributed by atoms with Crippen LogP contribution in [0.25, 0.3) is 53.2 Å². The second-order valence-corrected chi connectivity index (χ2v) is 24.1. The van der Waals surface area contributed by atoms with E-state index in [0.717, 1.165) is 6.42 Å². The van der Waals surface area contributed by atoms with Crippen molar-refractivity contribution in [1.29, 1.82) is 0 Å². The van der Waals surface area contributed by atoms with Crippen LogP contribution in [0, 0.1) is 6.92 Å². The Kier molecular flexibility index (Phi) is 8.72. The maximum atomic E-state index is 2.79. The molecule has 69 heavy (non-hydrogen) atoms. The minimum atomic E-state index is -0.223. The third-order valence-corrected chi connectivity index (χ3v) is 19.0. The van der Waals surface area contributed by atoms with E-state index in [9.17, 15) is 0 Å². The summed E-state index contributed by atoms with van der Waals surface area (Å²) in [6, 6.07) is 65.4. The first-order valence-corrected chi connectivity index (χ1v) is 26.4. The third-order valence-electron chi connectivity index (χ3n) is 16.6. The third kappa shape index (κ3) is 5.81. The summed E-state index contributed by atoms with van der Waals surface area (Å²) in [6.07, 6.45) is 2.35. The Balaban J connectivity index is 1.17. The van der Waals surface area contributed by atoms with Crippen molar-refractivity contribution in [1.82, 2.24) is 0 Å². The van der Waals surface area contributed by atoms with E-state index in [1.807, 2.05) is 23.1 Å². The van der Waals surface area contributed by atoms with Gasteiger partial charge in [-0.05, 0) is 128 Å². The average molecular weight is 925 g/mol. The number of thiophene rings is 1. The molecule has 10 aromatic rings. The number of para-hydroxylation sites is 1. The van der Waals surface area contributed by atoms with E-state index in [0.29, 0.717) is 0 Å². The van der Waals surface area contributed by atoms with E-state index in [1.54, 1.807) is 0 Å². The molecule has 2 nitrogen and oxygen atoms in total. The first kappa shape index (κ1) is 41.4. The smallest absolute Gasteiger partial charge is 0.333 e. The van der Waals surface area contributed by atoms with Crippen molar-refractivity contribution < 1.29 is 0 Å². The standard InChI is InChI=1S/C64H53BN2S2/c1-38-33-47-48(63(4,5)32-31-62(47,2)3)36-52(38)66-53-37-57-49(64(6,7)46-25-15-18-28-56(46)68-57)35-50(53)65-59-54(66)34-40-21-11-12-23-42(40)58(59)45-30-29-44-43-24-14-17-27-55(43)69-61(44)60(45)67(65)51-26-16-13-22-41(51)39-19-9-8-10-20-39/h8-30,33-37H,31-32H2,1-7H3. The lowest BCUT2D eigenvalue weighted by Gasteiger charge is -2.48. The summed E-state index contributed by atoms with van der Waals surface area (Å²) >= 11 is 3.89. The highest BCUT2D eigenvalue weighted by molar-refractivity contribution is 7.99. The van der Waals surface area contributed by atoms with Crippen LogP contribution in [0.15, 0.2) is 180 Å². The normalized spacial score (nSPS) is 16.7. The van der Waals surface area contributed by atoms with E-state index in [4.69, 9.17) is 0 Å². The van der Waals surface area contributed by atoms with Crippen LogP contribution >= 0.6 is 23.1 Å². The highest BCUT2D eigenvalue weighted by Gasteiger charge is 2.49. The predicted octanol–water partition coefficient (Wildman–Crippen LogP) is 17.0. The van der Waals surface area contributed by atoms with Gasteiger partial charge in [-0.1, -0.05) is 187 Å². The summed E-state index contributed by atoms with van der Waals surface area (Å²) in [7, 11) is 0. The fourth-order valence-electron chi connectivity index (χ4n) is 12.9. The molecule has 5 heteroatoms. The zero-order valence-corrected chi connectivity index (χ0v) is 42.0. The zero-order valence-electron chi connectivity index (χ0n) is 40.4. The molecule has 1 aromatic heterocycles. The van der Waals surface area contributed by atoms with Crippen LogP contribution in [0.2, 0.25) is 0 Å². The van der Waals surface area contributed by atoms with Crippen LogP contribution in [0.1, 0.15) is 82.2 Å². The molecule has 0 saturated heterocycles. The van der Waals surface area contributed by atoms with Crippen LogP contribution in [-0.2, 0) is 16.2 Å². The summed E-state index contributed by atoms with van der Waals surface area (Å²) in [4.78, 5) is 8.18. The van der Waals surface area contributed by atoms with Gasteiger partial charge in [-0.2, -0.15) is 0 Å². The molecule has 0 N–H and O–H groups in total. The van der Waals surface area contributed by atoms with Crippen LogP contribution < -0.4 is 20.6 Å². The Hall–Kier alpha value is -6.53. The molecule has 0 saturated carbocycles. The molecule has 3 aliphatic heterocycles. The molecule has 0 fully saturated rings. The van der Waals surface area contributed by atoms with Crippen molar-refractivity contribution in [3.05, 3.63) is 198 Å². The maximum absolute atomic E-state index is 2.79. The first-order chi connectivity index (χ1) is 33.4. The predicted molar refractivity (Wildman–Crippen MR) is 299 cm³/mol. The van der Waals surface area contributed by atoms with Gasteiger partial charge in [-0.25, -0.2) is 0 Å².